The molecule has 0 aliphatic carbocycles. The van der Waals surface area contributed by atoms with Crippen LogP contribution in [0, 0.1) is 12.7 Å². The van der Waals surface area contributed by atoms with Crippen LogP contribution in [0.2, 0.25) is 0 Å². The van der Waals surface area contributed by atoms with Crippen LogP contribution in [0.25, 0.3) is 11.0 Å². The number of halogens is 1. The quantitative estimate of drug-likeness (QED) is 0.788. The van der Waals surface area contributed by atoms with Gasteiger partial charge < -0.3 is 9.73 Å². The molecule has 3 rings (SSSR count). The molecule has 5 heteroatoms. The van der Waals surface area contributed by atoms with Crippen LogP contribution in [0.4, 0.5) is 4.39 Å². The van der Waals surface area contributed by atoms with Crippen LogP contribution in [0.3, 0.4) is 0 Å². The molecule has 1 N–H and O–H groups in total. The molecular weight excluding hydrogens is 275 g/mol. The third-order valence-corrected chi connectivity index (χ3v) is 4.23. The maximum Gasteiger partial charge on any atom is 0.134 e. The molecule has 0 radical (unpaired) electrons. The summed E-state index contributed by atoms with van der Waals surface area (Å²) in [6.07, 6.45) is 0. The van der Waals surface area contributed by atoms with Crippen LogP contribution >= 0.6 is 11.3 Å². The molecule has 0 amide bonds. The zero-order valence-electron chi connectivity index (χ0n) is 11.3. The number of furan rings is 1. The Morgan fingerprint density at radius 2 is 2.25 bits per heavy atom. The first kappa shape index (κ1) is 13.3. The van der Waals surface area contributed by atoms with E-state index in [4.69, 9.17) is 4.42 Å². The van der Waals surface area contributed by atoms with Gasteiger partial charge >= 0.3 is 0 Å². The number of fused-ring (bicyclic) bond motifs is 1. The lowest BCUT2D eigenvalue weighted by Crippen LogP contribution is -2.21. The van der Waals surface area contributed by atoms with Crippen LogP contribution in [0.1, 0.15) is 29.3 Å². The molecule has 0 fully saturated rings. The first-order valence-corrected chi connectivity index (χ1v) is 7.39. The summed E-state index contributed by atoms with van der Waals surface area (Å²) in [7, 11) is 0. The number of benzene rings is 1. The van der Waals surface area contributed by atoms with Gasteiger partial charge in [0.05, 0.1) is 16.1 Å². The zero-order valence-corrected chi connectivity index (χ0v) is 12.1. The number of nitrogens with zero attached hydrogens (tertiary/aromatic N) is 1. The van der Waals surface area contributed by atoms with E-state index < -0.39 is 0 Å². The summed E-state index contributed by atoms with van der Waals surface area (Å²) in [4.78, 5) is 5.42. The van der Waals surface area contributed by atoms with Crippen LogP contribution in [0.5, 0.6) is 0 Å². The summed E-state index contributed by atoms with van der Waals surface area (Å²) in [5, 5.41) is 4.18. The van der Waals surface area contributed by atoms with Crippen molar-refractivity contribution in [3.05, 3.63) is 51.9 Å². The summed E-state index contributed by atoms with van der Waals surface area (Å²) in [5.41, 5.74) is 3.52. The summed E-state index contributed by atoms with van der Waals surface area (Å²) in [6.45, 7) is 4.84. The molecule has 0 saturated heterocycles. The van der Waals surface area contributed by atoms with Gasteiger partial charge in [0, 0.05) is 5.39 Å². The second-order valence-corrected chi connectivity index (χ2v) is 5.51. The molecule has 0 aliphatic heterocycles. The fraction of sp³-hybridized carbons (Fsp3) is 0.267. The molecule has 0 bridgehead atoms. The van der Waals surface area contributed by atoms with Crippen LogP contribution in [0.15, 0.2) is 34.2 Å². The number of aromatic nitrogens is 1. The van der Waals surface area contributed by atoms with Gasteiger partial charge in [-0.15, -0.1) is 11.3 Å². The Morgan fingerprint density at radius 1 is 1.40 bits per heavy atom. The van der Waals surface area contributed by atoms with Gasteiger partial charge in [0.2, 0.25) is 0 Å². The van der Waals surface area contributed by atoms with E-state index >= 15 is 0 Å². The number of nitrogens with one attached hydrogen (secondary N) is 1. The van der Waals surface area contributed by atoms with Crippen molar-refractivity contribution < 1.29 is 8.81 Å². The lowest BCUT2D eigenvalue weighted by Gasteiger charge is -2.14. The topological polar surface area (TPSA) is 38.1 Å². The zero-order chi connectivity index (χ0) is 14.1. The number of rotatable bonds is 4. The van der Waals surface area contributed by atoms with Crippen molar-refractivity contribution in [2.24, 2.45) is 0 Å². The Balaban J connectivity index is 2.07. The fourth-order valence-corrected chi connectivity index (χ4v) is 3.17. The predicted molar refractivity (Wildman–Crippen MR) is 78.5 cm³/mol. The van der Waals surface area contributed by atoms with Crippen molar-refractivity contribution in [2.45, 2.75) is 19.9 Å². The molecule has 1 atom stereocenters. The molecule has 104 valence electrons. The summed E-state index contributed by atoms with van der Waals surface area (Å²) in [6, 6.07) is 6.42. The fourth-order valence-electron chi connectivity index (χ4n) is 2.29. The van der Waals surface area contributed by atoms with E-state index in [2.05, 4.69) is 10.3 Å². The molecule has 1 unspecified atom stereocenters. The van der Waals surface area contributed by atoms with E-state index in [1.54, 1.807) is 17.4 Å². The Hall–Kier alpha value is -1.72. The van der Waals surface area contributed by atoms with Gasteiger partial charge in [-0.1, -0.05) is 6.92 Å². The average Bonchev–Trinajstić information content (AvgIpc) is 3.01. The van der Waals surface area contributed by atoms with Crippen molar-refractivity contribution in [3.8, 4) is 0 Å². The van der Waals surface area contributed by atoms with E-state index in [9.17, 15) is 4.39 Å². The molecule has 0 spiro atoms. The van der Waals surface area contributed by atoms with Gasteiger partial charge in [-0.3, -0.25) is 0 Å². The van der Waals surface area contributed by atoms with Crippen molar-refractivity contribution in [3.63, 3.8) is 0 Å². The SMILES string of the molecule is CCNC(c1cc2cc(F)ccc2o1)c1scnc1C. The molecule has 3 nitrogen and oxygen atoms in total. The van der Waals surface area contributed by atoms with Crippen molar-refractivity contribution >= 4 is 22.3 Å². The maximum absolute atomic E-state index is 13.3. The van der Waals surface area contributed by atoms with E-state index in [-0.39, 0.29) is 11.9 Å². The predicted octanol–water partition coefficient (Wildman–Crippen LogP) is 4.04. The second kappa shape index (κ2) is 5.34. The van der Waals surface area contributed by atoms with Gasteiger partial charge in [0.15, 0.2) is 0 Å². The van der Waals surface area contributed by atoms with Gasteiger partial charge in [0.1, 0.15) is 23.2 Å². The normalized spacial score (nSPS) is 12.9. The molecule has 2 aromatic heterocycles. The van der Waals surface area contributed by atoms with E-state index in [0.717, 1.165) is 28.3 Å². The lowest BCUT2D eigenvalue weighted by molar-refractivity contribution is 0.479. The smallest absolute Gasteiger partial charge is 0.134 e. The van der Waals surface area contributed by atoms with Gasteiger partial charge in [-0.05, 0) is 37.7 Å². The Morgan fingerprint density at radius 3 is 2.95 bits per heavy atom. The molecule has 1 aromatic carbocycles. The summed E-state index contributed by atoms with van der Waals surface area (Å²) < 4.78 is 19.1. The summed E-state index contributed by atoms with van der Waals surface area (Å²) in [5.74, 6) is 0.540. The number of hydrogen-bond donors (Lipinski definition) is 1. The first-order chi connectivity index (χ1) is 9.69. The largest absolute Gasteiger partial charge is 0.459 e. The highest BCUT2D eigenvalue weighted by Gasteiger charge is 2.21. The van der Waals surface area contributed by atoms with Gasteiger partial charge in [0.25, 0.3) is 0 Å². The highest BCUT2D eigenvalue weighted by atomic mass is 32.1. The van der Waals surface area contributed by atoms with E-state index in [0.29, 0.717) is 5.58 Å². The number of aryl methyl sites for hydroxylation is 1. The van der Waals surface area contributed by atoms with E-state index in [1.165, 1.54) is 12.1 Å². The van der Waals surface area contributed by atoms with Crippen molar-refractivity contribution in [1.29, 1.82) is 0 Å². The molecular formula is C15H15FN2OS. The molecule has 2 heterocycles. The highest BCUT2D eigenvalue weighted by Crippen LogP contribution is 2.32. The van der Waals surface area contributed by atoms with Gasteiger partial charge in [-0.25, -0.2) is 9.37 Å². The average molecular weight is 290 g/mol. The lowest BCUT2D eigenvalue weighted by atomic mass is 10.1. The second-order valence-electron chi connectivity index (χ2n) is 4.62. The standard InChI is InChI=1S/C15H15FN2OS/c1-3-17-14(15-9(2)18-8-20-15)13-7-10-6-11(16)4-5-12(10)19-13/h4-8,14,17H,3H2,1-2H3. The minimum atomic E-state index is -0.251. The minimum Gasteiger partial charge on any atom is -0.459 e. The minimum absolute atomic E-state index is 0.0389. The Kier molecular flexibility index (Phi) is 3.54. The monoisotopic (exact) mass is 290 g/mol. The Bertz CT molecular complexity index is 734. The van der Waals surface area contributed by atoms with Crippen LogP contribution < -0.4 is 5.32 Å². The Labute approximate surface area is 120 Å². The molecule has 0 aliphatic rings. The van der Waals surface area contributed by atoms with Crippen molar-refractivity contribution in [2.75, 3.05) is 6.54 Å². The number of thiazole rings is 1. The van der Waals surface area contributed by atoms with Crippen LogP contribution in [-0.4, -0.2) is 11.5 Å². The third kappa shape index (κ3) is 2.34. The number of hydrogen-bond acceptors (Lipinski definition) is 4. The maximum atomic E-state index is 13.3. The van der Waals surface area contributed by atoms with Gasteiger partial charge in [-0.2, -0.15) is 0 Å². The molecule has 3 aromatic rings. The third-order valence-electron chi connectivity index (χ3n) is 3.23. The first-order valence-electron chi connectivity index (χ1n) is 6.51. The van der Waals surface area contributed by atoms with E-state index in [1.807, 2.05) is 25.4 Å². The van der Waals surface area contributed by atoms with Crippen molar-refractivity contribution in [1.82, 2.24) is 10.3 Å². The molecule has 20 heavy (non-hydrogen) atoms. The van der Waals surface area contributed by atoms with Crippen LogP contribution in [-0.2, 0) is 0 Å². The summed E-state index contributed by atoms with van der Waals surface area (Å²) >= 11 is 1.60. The molecule has 0 saturated carbocycles. The highest BCUT2D eigenvalue weighted by molar-refractivity contribution is 7.09.